The number of nitrogens with zero attached hydrogens (tertiary/aromatic N) is 1. The lowest BCUT2D eigenvalue weighted by Crippen LogP contribution is -2.62. The Morgan fingerprint density at radius 3 is 1.97 bits per heavy atom. The molecule has 0 saturated heterocycles. The van der Waals surface area contributed by atoms with E-state index in [1.54, 1.807) is 12.1 Å². The quantitative estimate of drug-likeness (QED) is 0.305. The van der Waals surface area contributed by atoms with Gasteiger partial charge in [-0.05, 0) is 74.8 Å². The van der Waals surface area contributed by atoms with Gasteiger partial charge in [-0.2, -0.15) is 0 Å². The Morgan fingerprint density at radius 1 is 1.03 bits per heavy atom. The van der Waals surface area contributed by atoms with Gasteiger partial charge in [0.25, 0.3) is 18.2 Å². The summed E-state index contributed by atoms with van der Waals surface area (Å²) >= 11 is 0. The van der Waals surface area contributed by atoms with Crippen molar-refractivity contribution in [2.24, 2.45) is 0 Å². The molecule has 0 spiro atoms. The molecule has 9 heteroatoms. The molecule has 2 rings (SSSR count). The van der Waals surface area contributed by atoms with Gasteiger partial charge in [-0.3, -0.25) is 14.8 Å². The number of rotatable bonds is 8. The van der Waals surface area contributed by atoms with Gasteiger partial charge in [0.05, 0.1) is 0 Å². The SMILES string of the molecule is COC(C)(C(F)F)[C@H](NC(=O)c1ccc(C#CC#Cc2ccc(CN(C)C)cc2)cc1)C(=O)NO. The average molecular weight is 484 g/mol. The van der Waals surface area contributed by atoms with Crippen LogP contribution in [0.1, 0.15) is 34.0 Å². The van der Waals surface area contributed by atoms with Crippen molar-refractivity contribution >= 4 is 11.8 Å². The van der Waals surface area contributed by atoms with Crippen molar-refractivity contribution < 1.29 is 28.3 Å². The van der Waals surface area contributed by atoms with Gasteiger partial charge in [0.1, 0.15) is 6.04 Å². The molecule has 1 unspecified atom stereocenters. The third-order valence-corrected chi connectivity index (χ3v) is 5.17. The summed E-state index contributed by atoms with van der Waals surface area (Å²) in [7, 11) is 4.98. The number of methoxy groups -OCH3 is 1. The van der Waals surface area contributed by atoms with Gasteiger partial charge in [0, 0.05) is 30.3 Å². The van der Waals surface area contributed by atoms with E-state index in [0.717, 1.165) is 26.1 Å². The minimum Gasteiger partial charge on any atom is -0.370 e. The van der Waals surface area contributed by atoms with E-state index in [9.17, 15) is 18.4 Å². The average Bonchev–Trinajstić information content (AvgIpc) is 2.85. The van der Waals surface area contributed by atoms with Gasteiger partial charge in [0.15, 0.2) is 5.60 Å². The number of alkyl halides is 2. The van der Waals surface area contributed by atoms with Gasteiger partial charge in [-0.15, -0.1) is 0 Å². The summed E-state index contributed by atoms with van der Waals surface area (Å²) in [6, 6.07) is 12.0. The molecule has 0 radical (unpaired) electrons. The fourth-order valence-corrected chi connectivity index (χ4v) is 3.05. The van der Waals surface area contributed by atoms with Gasteiger partial charge in [-0.25, -0.2) is 14.3 Å². The fraction of sp³-hybridized carbons (Fsp3) is 0.308. The first-order valence-electron chi connectivity index (χ1n) is 10.5. The summed E-state index contributed by atoms with van der Waals surface area (Å²) in [4.78, 5) is 26.5. The zero-order valence-electron chi connectivity index (χ0n) is 19.9. The van der Waals surface area contributed by atoms with E-state index in [1.165, 1.54) is 23.2 Å². The zero-order valence-corrected chi connectivity index (χ0v) is 19.9. The number of benzene rings is 2. The second kappa shape index (κ2) is 12.6. The van der Waals surface area contributed by atoms with Gasteiger partial charge in [0.2, 0.25) is 0 Å². The standard InChI is InChI=1S/C26H27F2N3O4/c1-26(35-4,25(27)28)22(24(33)30-34)29-23(32)21-15-13-19(14-16-21)8-6-5-7-18-9-11-20(12-10-18)17-31(2)3/h9-16,22,25,34H,17H2,1-4H3,(H,29,32)(H,30,33)/t22-,26?/m1/s1. The van der Waals surface area contributed by atoms with E-state index in [4.69, 9.17) is 9.94 Å². The van der Waals surface area contributed by atoms with Crippen molar-refractivity contribution in [1.82, 2.24) is 15.7 Å². The molecule has 2 aromatic rings. The normalized spacial score (nSPS) is 13.1. The highest BCUT2D eigenvalue weighted by molar-refractivity contribution is 5.97. The third kappa shape index (κ3) is 7.62. The van der Waals surface area contributed by atoms with Gasteiger partial charge >= 0.3 is 0 Å². The highest BCUT2D eigenvalue weighted by Crippen LogP contribution is 2.24. The first-order valence-corrected chi connectivity index (χ1v) is 10.5. The van der Waals surface area contributed by atoms with Gasteiger partial charge in [-0.1, -0.05) is 24.0 Å². The van der Waals surface area contributed by atoms with Crippen LogP contribution in [-0.2, 0) is 16.1 Å². The Hall–Kier alpha value is -3.76. The molecule has 0 aliphatic heterocycles. The summed E-state index contributed by atoms with van der Waals surface area (Å²) in [5.74, 6) is 9.28. The van der Waals surface area contributed by atoms with Crippen LogP contribution in [0.25, 0.3) is 0 Å². The number of carbonyl (C=O) groups excluding carboxylic acids is 2. The molecule has 2 atom stereocenters. The molecule has 0 aromatic heterocycles. The number of hydroxylamine groups is 1. The summed E-state index contributed by atoms with van der Waals surface area (Å²) < 4.78 is 31.8. The van der Waals surface area contributed by atoms with Crippen LogP contribution in [0, 0.1) is 23.7 Å². The van der Waals surface area contributed by atoms with Crippen LogP contribution in [-0.4, -0.2) is 61.2 Å². The maximum atomic E-state index is 13.5. The lowest BCUT2D eigenvalue weighted by molar-refractivity contribution is -0.157. The second-order valence-electron chi connectivity index (χ2n) is 8.08. The number of carbonyl (C=O) groups is 2. The molecule has 184 valence electrons. The molecule has 3 N–H and O–H groups in total. The van der Waals surface area contributed by atoms with E-state index in [0.29, 0.717) is 5.56 Å². The summed E-state index contributed by atoms with van der Waals surface area (Å²) in [6.07, 6.45) is -3.12. The highest BCUT2D eigenvalue weighted by Gasteiger charge is 2.48. The van der Waals surface area contributed by atoms with E-state index >= 15 is 0 Å². The Morgan fingerprint density at radius 2 is 1.54 bits per heavy atom. The monoisotopic (exact) mass is 483 g/mol. The molecule has 0 bridgehead atoms. The first-order chi connectivity index (χ1) is 16.6. The number of hydrogen-bond donors (Lipinski definition) is 3. The lowest BCUT2D eigenvalue weighted by atomic mass is 9.95. The minimum absolute atomic E-state index is 0.0999. The number of hydrogen-bond acceptors (Lipinski definition) is 5. The fourth-order valence-electron chi connectivity index (χ4n) is 3.05. The first kappa shape index (κ1) is 27.5. The molecule has 0 heterocycles. The minimum atomic E-state index is -3.12. The Bertz CT molecular complexity index is 1140. The van der Waals surface area contributed by atoms with Crippen molar-refractivity contribution in [3.8, 4) is 23.7 Å². The van der Waals surface area contributed by atoms with E-state index < -0.39 is 29.9 Å². The Balaban J connectivity index is 2.08. The molecule has 0 aliphatic rings. The molecule has 7 nitrogen and oxygen atoms in total. The van der Waals surface area contributed by atoms with Crippen molar-refractivity contribution in [2.45, 2.75) is 31.5 Å². The van der Waals surface area contributed by atoms with Crippen LogP contribution in [0.5, 0.6) is 0 Å². The van der Waals surface area contributed by atoms with Gasteiger partial charge < -0.3 is 15.0 Å². The summed E-state index contributed by atoms with van der Waals surface area (Å²) in [5, 5.41) is 11.1. The molecule has 2 aromatic carbocycles. The van der Waals surface area contributed by atoms with Crippen molar-refractivity contribution in [1.29, 1.82) is 0 Å². The zero-order chi connectivity index (χ0) is 26.0. The lowest BCUT2D eigenvalue weighted by Gasteiger charge is -2.34. The molecule has 0 saturated carbocycles. The molecule has 35 heavy (non-hydrogen) atoms. The van der Waals surface area contributed by atoms with Crippen LogP contribution in [0.2, 0.25) is 0 Å². The molecular weight excluding hydrogens is 456 g/mol. The van der Waals surface area contributed by atoms with Crippen molar-refractivity contribution in [2.75, 3.05) is 21.2 Å². The van der Waals surface area contributed by atoms with Crippen LogP contribution >= 0.6 is 0 Å². The third-order valence-electron chi connectivity index (χ3n) is 5.17. The summed E-state index contributed by atoms with van der Waals surface area (Å²) in [5.41, 5.74) is 1.61. The molecule has 0 aliphatic carbocycles. The number of nitrogens with one attached hydrogen (secondary N) is 2. The largest absolute Gasteiger partial charge is 0.370 e. The number of halogens is 2. The van der Waals surface area contributed by atoms with Crippen LogP contribution in [0.4, 0.5) is 8.78 Å². The molecular formula is C26H27F2N3O4. The predicted molar refractivity (Wildman–Crippen MR) is 127 cm³/mol. The van der Waals surface area contributed by atoms with E-state index in [2.05, 4.69) is 33.9 Å². The Labute approximate surface area is 203 Å². The van der Waals surface area contributed by atoms with Crippen LogP contribution in [0.3, 0.4) is 0 Å². The maximum Gasteiger partial charge on any atom is 0.269 e. The maximum absolute atomic E-state index is 13.5. The number of ether oxygens (including phenoxy) is 1. The molecule has 2 amide bonds. The van der Waals surface area contributed by atoms with E-state index in [-0.39, 0.29) is 5.56 Å². The van der Waals surface area contributed by atoms with E-state index in [1.807, 2.05) is 38.4 Å². The molecule has 0 fully saturated rings. The second-order valence-corrected chi connectivity index (χ2v) is 8.08. The van der Waals surface area contributed by atoms with Crippen molar-refractivity contribution in [3.05, 3.63) is 70.8 Å². The Kier molecular flexibility index (Phi) is 9.92. The summed E-state index contributed by atoms with van der Waals surface area (Å²) in [6.45, 7) is 1.80. The van der Waals surface area contributed by atoms with Crippen molar-refractivity contribution in [3.63, 3.8) is 0 Å². The van der Waals surface area contributed by atoms with Crippen LogP contribution in [0.15, 0.2) is 48.5 Å². The topological polar surface area (TPSA) is 90.9 Å². The smallest absolute Gasteiger partial charge is 0.269 e. The highest BCUT2D eigenvalue weighted by atomic mass is 19.3. The number of amides is 2. The predicted octanol–water partition coefficient (Wildman–Crippen LogP) is 2.43. The van der Waals surface area contributed by atoms with Crippen LogP contribution < -0.4 is 10.8 Å².